The summed E-state index contributed by atoms with van der Waals surface area (Å²) >= 11 is 3.39. The van der Waals surface area contributed by atoms with E-state index in [9.17, 15) is 4.79 Å². The number of benzene rings is 1. The molecule has 0 fully saturated rings. The molecule has 0 bridgehead atoms. The Balaban J connectivity index is 2.43. The molecule has 3 heteroatoms. The largest absolute Gasteiger partial charge is 0.452 e. The number of rotatable bonds is 3. The van der Waals surface area contributed by atoms with Crippen LogP contribution in [0, 0.1) is 0 Å². The molecule has 0 aliphatic carbocycles. The molecule has 0 aliphatic rings. The minimum absolute atomic E-state index is 0.0319. The number of ketones is 1. The fourth-order valence-corrected chi connectivity index (χ4v) is 1.99. The van der Waals surface area contributed by atoms with Crippen LogP contribution < -0.4 is 0 Å². The van der Waals surface area contributed by atoms with Gasteiger partial charge in [0.25, 0.3) is 0 Å². The molecule has 0 spiro atoms. The van der Waals surface area contributed by atoms with Gasteiger partial charge in [0.15, 0.2) is 5.76 Å². The highest BCUT2D eigenvalue weighted by Crippen LogP contribution is 2.27. The summed E-state index contributed by atoms with van der Waals surface area (Å²) in [5.74, 6) is 0.362. The number of halogens is 1. The monoisotopic (exact) mass is 278 g/mol. The van der Waals surface area contributed by atoms with Crippen LogP contribution in [0.1, 0.15) is 23.9 Å². The van der Waals surface area contributed by atoms with Crippen LogP contribution in [0.15, 0.2) is 45.3 Å². The topological polar surface area (TPSA) is 30.2 Å². The first kappa shape index (κ1) is 11.1. The van der Waals surface area contributed by atoms with Crippen molar-refractivity contribution in [2.75, 3.05) is 0 Å². The number of Topliss-reactive ketones (excluding diaryl/α,β-unsaturated/α-hetero) is 1. The van der Waals surface area contributed by atoms with Crippen molar-refractivity contribution in [2.24, 2.45) is 0 Å². The van der Waals surface area contributed by atoms with Crippen molar-refractivity contribution >= 4 is 32.7 Å². The summed E-state index contributed by atoms with van der Waals surface area (Å²) in [6, 6.07) is 7.49. The molecule has 1 heterocycles. The summed E-state index contributed by atoms with van der Waals surface area (Å²) in [7, 11) is 0. The molecule has 0 saturated carbocycles. The average molecular weight is 279 g/mol. The smallest absolute Gasteiger partial charge is 0.202 e. The third-order valence-corrected chi connectivity index (χ3v) is 2.86. The first-order valence-electron chi connectivity index (χ1n) is 4.93. The maximum Gasteiger partial charge on any atom is 0.202 e. The van der Waals surface area contributed by atoms with E-state index in [1.807, 2.05) is 25.1 Å². The summed E-state index contributed by atoms with van der Waals surface area (Å²) in [5, 5.41) is 0.930. The summed E-state index contributed by atoms with van der Waals surface area (Å²) in [4.78, 5) is 11.8. The maximum absolute atomic E-state index is 11.8. The van der Waals surface area contributed by atoms with Gasteiger partial charge in [0.05, 0.1) is 4.47 Å². The number of para-hydroxylation sites is 1. The Hall–Kier alpha value is -1.35. The molecule has 0 saturated heterocycles. The third-order valence-electron chi connectivity index (χ3n) is 2.23. The van der Waals surface area contributed by atoms with Gasteiger partial charge in [-0.05, 0) is 35.0 Å². The van der Waals surface area contributed by atoms with Crippen LogP contribution in [0.4, 0.5) is 0 Å². The minimum Gasteiger partial charge on any atom is -0.452 e. The number of carbonyl (C=O) groups excluding carboxylic acids is 1. The van der Waals surface area contributed by atoms with Gasteiger partial charge >= 0.3 is 0 Å². The van der Waals surface area contributed by atoms with E-state index in [1.165, 1.54) is 0 Å². The third kappa shape index (κ3) is 2.09. The Morgan fingerprint density at radius 3 is 2.88 bits per heavy atom. The molecule has 0 amide bonds. The minimum atomic E-state index is -0.0319. The Morgan fingerprint density at radius 2 is 2.25 bits per heavy atom. The van der Waals surface area contributed by atoms with E-state index >= 15 is 0 Å². The Morgan fingerprint density at radius 1 is 1.50 bits per heavy atom. The highest BCUT2D eigenvalue weighted by Gasteiger charge is 2.13. The number of allylic oxidation sites excluding steroid dienone is 1. The van der Waals surface area contributed by atoms with Crippen molar-refractivity contribution in [2.45, 2.75) is 13.3 Å². The van der Waals surface area contributed by atoms with Gasteiger partial charge in [-0.15, -0.1) is 0 Å². The van der Waals surface area contributed by atoms with Crippen molar-refractivity contribution in [3.8, 4) is 0 Å². The first-order valence-corrected chi connectivity index (χ1v) is 5.73. The Bertz CT molecular complexity index is 566. The molecule has 0 unspecified atom stereocenters. The summed E-state index contributed by atoms with van der Waals surface area (Å²) in [5.41, 5.74) is 1.55. The normalized spacial score (nSPS) is 10.6. The molecule has 2 nitrogen and oxygen atoms in total. The number of fused-ring (bicyclic) bond motifs is 1. The zero-order valence-corrected chi connectivity index (χ0v) is 10.5. The second kappa shape index (κ2) is 4.26. The van der Waals surface area contributed by atoms with Crippen LogP contribution in [0.2, 0.25) is 0 Å². The van der Waals surface area contributed by atoms with Crippen molar-refractivity contribution in [1.82, 2.24) is 0 Å². The van der Waals surface area contributed by atoms with Gasteiger partial charge < -0.3 is 4.42 Å². The van der Waals surface area contributed by atoms with E-state index in [0.29, 0.717) is 17.8 Å². The van der Waals surface area contributed by atoms with Crippen molar-refractivity contribution < 1.29 is 9.21 Å². The molecule has 0 radical (unpaired) electrons. The summed E-state index contributed by atoms with van der Waals surface area (Å²) in [6.07, 6.45) is 0.331. The molecule has 0 aliphatic heterocycles. The van der Waals surface area contributed by atoms with Gasteiger partial charge in [-0.1, -0.05) is 24.3 Å². The number of hydrogen-bond donors (Lipinski definition) is 0. The standard InChI is InChI=1S/C13H11BrO2/c1-8(2)6-11(15)12-7-9-4-3-5-10(14)13(9)16-12/h3-5,7H,1,6H2,2H3. The summed E-state index contributed by atoms with van der Waals surface area (Å²) in [6.45, 7) is 5.55. The highest BCUT2D eigenvalue weighted by molar-refractivity contribution is 9.10. The predicted octanol–water partition coefficient (Wildman–Crippen LogP) is 4.34. The van der Waals surface area contributed by atoms with Crippen molar-refractivity contribution in [3.05, 3.63) is 46.7 Å². The van der Waals surface area contributed by atoms with Gasteiger partial charge in [-0.3, -0.25) is 4.79 Å². The second-order valence-corrected chi connectivity index (χ2v) is 4.68. The van der Waals surface area contributed by atoms with E-state index in [-0.39, 0.29) is 5.78 Å². The quantitative estimate of drug-likeness (QED) is 0.617. The maximum atomic E-state index is 11.8. The van der Waals surface area contributed by atoms with Crippen LogP contribution in [-0.2, 0) is 0 Å². The van der Waals surface area contributed by atoms with E-state index in [0.717, 1.165) is 15.4 Å². The van der Waals surface area contributed by atoms with E-state index in [2.05, 4.69) is 22.5 Å². The Labute approximate surface area is 102 Å². The van der Waals surface area contributed by atoms with Crippen LogP contribution in [0.25, 0.3) is 11.0 Å². The lowest BCUT2D eigenvalue weighted by Crippen LogP contribution is -1.96. The number of hydrogen-bond acceptors (Lipinski definition) is 2. The van der Waals surface area contributed by atoms with Gasteiger partial charge in [0, 0.05) is 11.8 Å². The molecule has 2 aromatic rings. The van der Waals surface area contributed by atoms with Crippen LogP contribution in [0.5, 0.6) is 0 Å². The predicted molar refractivity (Wildman–Crippen MR) is 67.7 cm³/mol. The summed E-state index contributed by atoms with van der Waals surface area (Å²) < 4.78 is 6.38. The zero-order valence-electron chi connectivity index (χ0n) is 8.92. The molecular formula is C13H11BrO2. The molecule has 2 rings (SSSR count). The van der Waals surface area contributed by atoms with Gasteiger partial charge in [0.2, 0.25) is 5.78 Å². The second-order valence-electron chi connectivity index (χ2n) is 3.83. The number of furan rings is 1. The molecule has 16 heavy (non-hydrogen) atoms. The molecule has 0 N–H and O–H groups in total. The van der Waals surface area contributed by atoms with Crippen LogP contribution >= 0.6 is 15.9 Å². The molecule has 1 aromatic carbocycles. The fraction of sp³-hybridized carbons (Fsp3) is 0.154. The molecule has 82 valence electrons. The highest BCUT2D eigenvalue weighted by atomic mass is 79.9. The van der Waals surface area contributed by atoms with Gasteiger partial charge in [-0.25, -0.2) is 0 Å². The lowest BCUT2D eigenvalue weighted by molar-refractivity contribution is 0.0968. The molecular weight excluding hydrogens is 268 g/mol. The lowest BCUT2D eigenvalue weighted by atomic mass is 10.1. The van der Waals surface area contributed by atoms with E-state index in [4.69, 9.17) is 4.42 Å². The van der Waals surface area contributed by atoms with Crippen molar-refractivity contribution in [1.29, 1.82) is 0 Å². The van der Waals surface area contributed by atoms with Crippen LogP contribution in [-0.4, -0.2) is 5.78 Å². The average Bonchev–Trinajstić information content (AvgIpc) is 2.61. The number of carbonyl (C=O) groups is 1. The first-order chi connectivity index (χ1) is 7.58. The van der Waals surface area contributed by atoms with E-state index in [1.54, 1.807) is 6.07 Å². The van der Waals surface area contributed by atoms with E-state index < -0.39 is 0 Å². The zero-order chi connectivity index (χ0) is 11.7. The van der Waals surface area contributed by atoms with Crippen LogP contribution in [0.3, 0.4) is 0 Å². The SMILES string of the molecule is C=C(C)CC(=O)c1cc2cccc(Br)c2o1. The lowest BCUT2D eigenvalue weighted by Gasteiger charge is -1.94. The Kier molecular flexibility index (Phi) is 2.97. The van der Waals surface area contributed by atoms with Crippen molar-refractivity contribution in [3.63, 3.8) is 0 Å². The van der Waals surface area contributed by atoms with Gasteiger partial charge in [0.1, 0.15) is 5.58 Å². The molecule has 0 atom stereocenters. The van der Waals surface area contributed by atoms with Gasteiger partial charge in [-0.2, -0.15) is 0 Å². The fourth-order valence-electron chi connectivity index (χ4n) is 1.53. The molecule has 1 aromatic heterocycles.